The van der Waals surface area contributed by atoms with E-state index in [9.17, 15) is 13.2 Å². The van der Waals surface area contributed by atoms with Gasteiger partial charge in [-0.3, -0.25) is 4.79 Å². The lowest BCUT2D eigenvalue weighted by atomic mass is 10.1. The number of carbonyl (C=O) groups excluding carboxylic acids is 1. The van der Waals surface area contributed by atoms with E-state index >= 15 is 0 Å². The van der Waals surface area contributed by atoms with Crippen LogP contribution in [0.3, 0.4) is 0 Å². The molecule has 176 valence electrons. The first kappa shape index (κ1) is 23.1. The van der Waals surface area contributed by atoms with Crippen molar-refractivity contribution in [1.29, 1.82) is 0 Å². The number of fused-ring (bicyclic) bond motifs is 1. The fourth-order valence-electron chi connectivity index (χ4n) is 3.89. The largest absolute Gasteiger partial charge is 0.493 e. The number of hydrogen-bond acceptors (Lipinski definition) is 6. The van der Waals surface area contributed by atoms with E-state index in [4.69, 9.17) is 14.2 Å². The molecule has 0 unspecified atom stereocenters. The van der Waals surface area contributed by atoms with Crippen molar-refractivity contribution in [2.45, 2.75) is 30.6 Å². The van der Waals surface area contributed by atoms with Gasteiger partial charge in [0.25, 0.3) is 0 Å². The van der Waals surface area contributed by atoms with Gasteiger partial charge in [0.05, 0.1) is 12.0 Å². The summed E-state index contributed by atoms with van der Waals surface area (Å²) in [6.45, 7) is 2.01. The summed E-state index contributed by atoms with van der Waals surface area (Å²) in [5.74, 6) is 1.32. The molecule has 0 spiro atoms. The molecule has 8 nitrogen and oxygen atoms in total. The smallest absolute Gasteiger partial charge is 0.248 e. The molecule has 4 rings (SSSR count). The van der Waals surface area contributed by atoms with Crippen molar-refractivity contribution >= 4 is 27.7 Å². The van der Waals surface area contributed by atoms with E-state index in [1.807, 2.05) is 0 Å². The first-order chi connectivity index (χ1) is 16.0. The molecule has 0 aromatic heterocycles. The Morgan fingerprint density at radius 1 is 1.03 bits per heavy atom. The van der Waals surface area contributed by atoms with Crippen LogP contribution in [0.1, 0.15) is 31.2 Å². The lowest BCUT2D eigenvalue weighted by molar-refractivity contribution is -0.111. The molecular formula is C24H28N2O6S. The number of ether oxygens (including phenoxy) is 3. The molecule has 1 saturated heterocycles. The highest BCUT2D eigenvalue weighted by Gasteiger charge is 2.25. The Morgan fingerprint density at radius 3 is 2.42 bits per heavy atom. The quantitative estimate of drug-likeness (QED) is 0.645. The van der Waals surface area contributed by atoms with E-state index in [0.717, 1.165) is 31.2 Å². The number of benzene rings is 2. The summed E-state index contributed by atoms with van der Waals surface area (Å²) in [6, 6.07) is 9.81. The molecule has 2 heterocycles. The van der Waals surface area contributed by atoms with Crippen molar-refractivity contribution < 1.29 is 27.4 Å². The van der Waals surface area contributed by atoms with Crippen LogP contribution in [-0.2, 0) is 14.8 Å². The molecule has 0 aliphatic carbocycles. The van der Waals surface area contributed by atoms with Crippen LogP contribution >= 0.6 is 0 Å². The van der Waals surface area contributed by atoms with Gasteiger partial charge in [-0.05, 0) is 60.9 Å². The van der Waals surface area contributed by atoms with E-state index in [1.165, 1.54) is 18.2 Å². The molecule has 1 amide bonds. The zero-order valence-electron chi connectivity index (χ0n) is 18.6. The second-order valence-corrected chi connectivity index (χ2v) is 9.85. The molecular weight excluding hydrogens is 444 g/mol. The average molecular weight is 473 g/mol. The third-order valence-electron chi connectivity index (χ3n) is 5.60. The van der Waals surface area contributed by atoms with E-state index in [2.05, 4.69) is 5.32 Å². The lowest BCUT2D eigenvalue weighted by Gasteiger charge is -2.20. The van der Waals surface area contributed by atoms with Crippen molar-refractivity contribution in [3.05, 3.63) is 48.0 Å². The number of nitrogens with one attached hydrogen (secondary N) is 1. The average Bonchev–Trinajstić information content (AvgIpc) is 3.13. The third-order valence-corrected chi connectivity index (χ3v) is 7.52. The molecule has 0 saturated carbocycles. The van der Waals surface area contributed by atoms with Gasteiger partial charge in [0.1, 0.15) is 13.2 Å². The predicted octanol–water partition coefficient (Wildman–Crippen LogP) is 3.68. The van der Waals surface area contributed by atoms with Gasteiger partial charge >= 0.3 is 0 Å². The van der Waals surface area contributed by atoms with Crippen LogP contribution in [0.25, 0.3) is 6.08 Å². The highest BCUT2D eigenvalue weighted by atomic mass is 32.2. The van der Waals surface area contributed by atoms with Gasteiger partial charge < -0.3 is 19.5 Å². The fraction of sp³-hybridized carbons (Fsp3) is 0.375. The van der Waals surface area contributed by atoms with Gasteiger partial charge in [0.15, 0.2) is 11.5 Å². The topological polar surface area (TPSA) is 94.2 Å². The van der Waals surface area contributed by atoms with Gasteiger partial charge in [-0.1, -0.05) is 12.8 Å². The number of hydrogen-bond donors (Lipinski definition) is 1. The number of nitrogens with zero attached hydrogens (tertiary/aromatic N) is 1. The van der Waals surface area contributed by atoms with E-state index in [-0.39, 0.29) is 10.8 Å². The molecule has 2 aliphatic rings. The number of anilines is 1. The summed E-state index contributed by atoms with van der Waals surface area (Å²) >= 11 is 0. The van der Waals surface area contributed by atoms with Crippen LogP contribution in [0.2, 0.25) is 0 Å². The van der Waals surface area contributed by atoms with Gasteiger partial charge in [-0.2, -0.15) is 4.31 Å². The van der Waals surface area contributed by atoms with Gasteiger partial charge in [0, 0.05) is 24.9 Å². The second kappa shape index (κ2) is 10.3. The van der Waals surface area contributed by atoms with Gasteiger partial charge in [-0.25, -0.2) is 8.42 Å². The Morgan fingerprint density at radius 2 is 1.73 bits per heavy atom. The van der Waals surface area contributed by atoms with Crippen LogP contribution in [-0.4, -0.2) is 52.0 Å². The molecule has 2 aromatic rings. The maximum atomic E-state index is 12.9. The Hall–Kier alpha value is -3.04. The summed E-state index contributed by atoms with van der Waals surface area (Å²) in [4.78, 5) is 12.6. The van der Waals surface area contributed by atoms with Crippen molar-refractivity contribution in [3.63, 3.8) is 0 Å². The number of carbonyl (C=O) groups is 1. The molecule has 0 bridgehead atoms. The Labute approximate surface area is 194 Å². The lowest BCUT2D eigenvalue weighted by Crippen LogP contribution is -2.31. The molecule has 1 fully saturated rings. The molecule has 33 heavy (non-hydrogen) atoms. The fourth-order valence-corrected chi connectivity index (χ4v) is 5.40. The molecule has 2 aromatic carbocycles. The zero-order valence-corrected chi connectivity index (χ0v) is 19.4. The van der Waals surface area contributed by atoms with Crippen molar-refractivity contribution in [2.75, 3.05) is 38.7 Å². The Balaban J connectivity index is 1.41. The molecule has 0 radical (unpaired) electrons. The second-order valence-electron chi connectivity index (χ2n) is 7.91. The Kier molecular flexibility index (Phi) is 7.20. The SMILES string of the molecule is COc1cc(/C=C/C(=O)Nc2ccc(S(=O)(=O)N3CCCCCC3)cc2)cc2c1OCCO2. The molecule has 1 N–H and O–H groups in total. The van der Waals surface area contributed by atoms with Crippen molar-refractivity contribution in [3.8, 4) is 17.2 Å². The maximum Gasteiger partial charge on any atom is 0.248 e. The maximum absolute atomic E-state index is 12.9. The Bertz CT molecular complexity index is 1100. The summed E-state index contributed by atoms with van der Waals surface area (Å²) in [7, 11) is -1.97. The minimum absolute atomic E-state index is 0.237. The molecule has 2 aliphatic heterocycles. The number of amides is 1. The number of sulfonamides is 1. The summed E-state index contributed by atoms with van der Waals surface area (Å²) in [6.07, 6.45) is 6.93. The minimum Gasteiger partial charge on any atom is -0.493 e. The summed E-state index contributed by atoms with van der Waals surface area (Å²) < 4.78 is 43.9. The third kappa shape index (κ3) is 5.48. The summed E-state index contributed by atoms with van der Waals surface area (Å²) in [5.41, 5.74) is 1.24. The van der Waals surface area contributed by atoms with Crippen LogP contribution in [0.4, 0.5) is 5.69 Å². The molecule has 9 heteroatoms. The van der Waals surface area contributed by atoms with E-state index < -0.39 is 10.0 Å². The van der Waals surface area contributed by atoms with Crippen LogP contribution in [0.5, 0.6) is 17.2 Å². The standard InChI is InChI=1S/C24H28N2O6S/c1-30-21-16-18(17-22-24(21)32-15-14-31-22)6-11-23(27)25-19-7-9-20(10-8-19)33(28,29)26-12-4-2-3-5-13-26/h6-11,16-17H,2-5,12-15H2,1H3,(H,25,27)/b11-6+. The first-order valence-corrected chi connectivity index (χ1v) is 12.5. The summed E-state index contributed by atoms with van der Waals surface area (Å²) in [5, 5.41) is 2.75. The van der Waals surface area contributed by atoms with Crippen LogP contribution in [0, 0.1) is 0 Å². The normalized spacial score (nSPS) is 16.9. The van der Waals surface area contributed by atoms with E-state index in [0.29, 0.717) is 49.2 Å². The highest BCUT2D eigenvalue weighted by molar-refractivity contribution is 7.89. The first-order valence-electron chi connectivity index (χ1n) is 11.0. The zero-order chi connectivity index (χ0) is 23.3. The van der Waals surface area contributed by atoms with Crippen molar-refractivity contribution in [1.82, 2.24) is 4.31 Å². The van der Waals surface area contributed by atoms with Gasteiger partial charge in [0.2, 0.25) is 21.7 Å². The highest BCUT2D eigenvalue weighted by Crippen LogP contribution is 2.40. The van der Waals surface area contributed by atoms with Crippen molar-refractivity contribution in [2.24, 2.45) is 0 Å². The van der Waals surface area contributed by atoms with E-state index in [1.54, 1.807) is 41.8 Å². The van der Waals surface area contributed by atoms with Crippen LogP contribution in [0.15, 0.2) is 47.4 Å². The predicted molar refractivity (Wildman–Crippen MR) is 125 cm³/mol. The number of methoxy groups -OCH3 is 1. The molecule has 0 atom stereocenters. The van der Waals surface area contributed by atoms with Crippen LogP contribution < -0.4 is 19.5 Å². The minimum atomic E-state index is -3.52. The van der Waals surface area contributed by atoms with Gasteiger partial charge in [-0.15, -0.1) is 0 Å². The number of rotatable bonds is 6. The monoisotopic (exact) mass is 472 g/mol.